The molecule has 0 atom stereocenters. The first-order chi connectivity index (χ1) is 7.04. The third-order valence-electron chi connectivity index (χ3n) is 2.83. The second-order valence-corrected chi connectivity index (χ2v) is 4.23. The number of halogens is 3. The molecular weight excluding hydrogens is 224 g/mol. The Hall–Kier alpha value is -0.740. The van der Waals surface area contributed by atoms with Crippen LogP contribution in [-0.2, 0) is 5.60 Å². The van der Waals surface area contributed by atoms with Gasteiger partial charge in [-0.25, -0.2) is 9.37 Å². The zero-order valence-corrected chi connectivity index (χ0v) is 8.69. The van der Waals surface area contributed by atoms with Gasteiger partial charge in [0.25, 0.3) is 0 Å². The Bertz CT molecular complexity index is 391. The molecule has 0 amide bonds. The maximum atomic E-state index is 13.5. The maximum Gasteiger partial charge on any atom is 0.249 e. The molecule has 1 aromatic heterocycles. The van der Waals surface area contributed by atoms with Crippen LogP contribution in [-0.4, -0.2) is 10.1 Å². The molecule has 1 aromatic rings. The van der Waals surface area contributed by atoms with Crippen LogP contribution in [0.3, 0.4) is 0 Å². The summed E-state index contributed by atoms with van der Waals surface area (Å²) in [7, 11) is 0. The molecule has 1 fully saturated rings. The van der Waals surface area contributed by atoms with E-state index in [1.807, 2.05) is 0 Å². The van der Waals surface area contributed by atoms with Gasteiger partial charge in [0.15, 0.2) is 5.82 Å². The van der Waals surface area contributed by atoms with Crippen molar-refractivity contribution >= 4 is 11.6 Å². The van der Waals surface area contributed by atoms with E-state index in [9.17, 15) is 13.9 Å². The molecule has 1 N–H and O–H groups in total. The van der Waals surface area contributed by atoms with Gasteiger partial charge >= 0.3 is 0 Å². The normalized spacial score (nSPS) is 19.5. The number of hydrogen-bond acceptors (Lipinski definition) is 2. The van der Waals surface area contributed by atoms with E-state index in [-0.39, 0.29) is 10.6 Å². The first kappa shape index (κ1) is 10.8. The quantitative estimate of drug-likeness (QED) is 0.757. The minimum atomic E-state index is -1.33. The summed E-state index contributed by atoms with van der Waals surface area (Å²) < 4.78 is 26.4. The largest absolute Gasteiger partial charge is 0.385 e. The van der Waals surface area contributed by atoms with E-state index >= 15 is 0 Å². The molecule has 1 heterocycles. The average molecular weight is 234 g/mol. The van der Waals surface area contributed by atoms with Gasteiger partial charge in [-0.15, -0.1) is 0 Å². The Morgan fingerprint density at radius 2 is 1.93 bits per heavy atom. The molecule has 5 heteroatoms. The lowest BCUT2D eigenvalue weighted by Gasteiger charge is -2.24. The van der Waals surface area contributed by atoms with Gasteiger partial charge in [-0.1, -0.05) is 24.4 Å². The Morgan fingerprint density at radius 3 is 2.53 bits per heavy atom. The van der Waals surface area contributed by atoms with Crippen molar-refractivity contribution in [3.8, 4) is 0 Å². The first-order valence-corrected chi connectivity index (χ1v) is 5.15. The molecule has 0 spiro atoms. The summed E-state index contributed by atoms with van der Waals surface area (Å²) in [4.78, 5) is 3.16. The second kappa shape index (κ2) is 3.68. The number of pyridine rings is 1. The summed E-state index contributed by atoms with van der Waals surface area (Å²) >= 11 is 5.74. The number of aliphatic hydroxyl groups is 1. The van der Waals surface area contributed by atoms with Crippen molar-refractivity contribution < 1.29 is 13.9 Å². The van der Waals surface area contributed by atoms with E-state index in [4.69, 9.17) is 11.6 Å². The van der Waals surface area contributed by atoms with E-state index in [2.05, 4.69) is 4.98 Å². The lowest BCUT2D eigenvalue weighted by Crippen LogP contribution is -2.24. The highest BCUT2D eigenvalue weighted by Crippen LogP contribution is 2.42. The van der Waals surface area contributed by atoms with Gasteiger partial charge < -0.3 is 5.11 Å². The standard InChI is InChI=1S/C10H10ClF2NO/c11-6-5-14-9(13)8(12)7(6)10(15)3-1-2-4-10/h5,15H,1-4H2. The van der Waals surface area contributed by atoms with Crippen LogP contribution < -0.4 is 0 Å². The van der Waals surface area contributed by atoms with Crippen LogP contribution in [0.1, 0.15) is 31.2 Å². The van der Waals surface area contributed by atoms with E-state index in [0.717, 1.165) is 19.0 Å². The Morgan fingerprint density at radius 1 is 1.33 bits per heavy atom. The predicted octanol–water partition coefficient (Wildman–Crippen LogP) is 2.77. The zero-order valence-electron chi connectivity index (χ0n) is 7.93. The van der Waals surface area contributed by atoms with Crippen LogP contribution in [0, 0.1) is 11.8 Å². The maximum absolute atomic E-state index is 13.5. The number of nitrogens with zero attached hydrogens (tertiary/aromatic N) is 1. The molecule has 82 valence electrons. The molecule has 0 radical (unpaired) electrons. The van der Waals surface area contributed by atoms with Crippen molar-refractivity contribution in [2.75, 3.05) is 0 Å². The Labute approximate surface area is 90.9 Å². The van der Waals surface area contributed by atoms with Crippen molar-refractivity contribution in [2.24, 2.45) is 0 Å². The van der Waals surface area contributed by atoms with Crippen LogP contribution in [0.5, 0.6) is 0 Å². The molecule has 0 aromatic carbocycles. The number of rotatable bonds is 1. The lowest BCUT2D eigenvalue weighted by molar-refractivity contribution is 0.0399. The average Bonchev–Trinajstić information content (AvgIpc) is 2.60. The molecule has 1 saturated carbocycles. The smallest absolute Gasteiger partial charge is 0.249 e. The SMILES string of the molecule is OC1(c2c(Cl)cnc(F)c2F)CCCC1. The second-order valence-electron chi connectivity index (χ2n) is 3.82. The molecule has 2 rings (SSSR count). The summed E-state index contributed by atoms with van der Waals surface area (Å²) in [6.07, 6.45) is 3.43. The van der Waals surface area contributed by atoms with Gasteiger partial charge in [-0.3, -0.25) is 0 Å². The fourth-order valence-corrected chi connectivity index (χ4v) is 2.39. The summed E-state index contributed by atoms with van der Waals surface area (Å²) in [6.45, 7) is 0. The summed E-state index contributed by atoms with van der Waals surface area (Å²) in [5.41, 5.74) is -1.47. The molecule has 2 nitrogen and oxygen atoms in total. The molecule has 15 heavy (non-hydrogen) atoms. The van der Waals surface area contributed by atoms with Gasteiger partial charge in [-0.2, -0.15) is 4.39 Å². The lowest BCUT2D eigenvalue weighted by atomic mass is 9.92. The predicted molar refractivity (Wildman–Crippen MR) is 51.5 cm³/mol. The van der Waals surface area contributed by atoms with Crippen LogP contribution in [0.15, 0.2) is 6.20 Å². The highest BCUT2D eigenvalue weighted by Gasteiger charge is 2.38. The highest BCUT2D eigenvalue weighted by molar-refractivity contribution is 6.31. The third kappa shape index (κ3) is 1.72. The summed E-state index contributed by atoms with van der Waals surface area (Å²) in [6, 6.07) is 0. The number of aromatic nitrogens is 1. The van der Waals surface area contributed by atoms with Crippen LogP contribution in [0.25, 0.3) is 0 Å². The fourth-order valence-electron chi connectivity index (χ4n) is 2.08. The van der Waals surface area contributed by atoms with Gasteiger partial charge in [0.1, 0.15) is 0 Å². The van der Waals surface area contributed by atoms with Crippen molar-refractivity contribution in [1.29, 1.82) is 0 Å². The molecule has 0 bridgehead atoms. The van der Waals surface area contributed by atoms with Gasteiger partial charge in [0.2, 0.25) is 5.95 Å². The number of hydrogen-bond donors (Lipinski definition) is 1. The summed E-state index contributed by atoms with van der Waals surface area (Å²) in [5.74, 6) is -2.35. The fraction of sp³-hybridized carbons (Fsp3) is 0.500. The van der Waals surface area contributed by atoms with Crippen molar-refractivity contribution in [3.63, 3.8) is 0 Å². The van der Waals surface area contributed by atoms with Crippen LogP contribution >= 0.6 is 11.6 Å². The van der Waals surface area contributed by atoms with E-state index < -0.39 is 17.4 Å². The van der Waals surface area contributed by atoms with E-state index in [1.165, 1.54) is 0 Å². The molecule has 0 unspecified atom stereocenters. The van der Waals surface area contributed by atoms with Crippen LogP contribution in [0.4, 0.5) is 8.78 Å². The van der Waals surface area contributed by atoms with Gasteiger partial charge in [0.05, 0.1) is 10.6 Å². The van der Waals surface area contributed by atoms with Crippen molar-refractivity contribution in [1.82, 2.24) is 4.98 Å². The van der Waals surface area contributed by atoms with Gasteiger partial charge in [0, 0.05) is 11.8 Å². The monoisotopic (exact) mass is 233 g/mol. The van der Waals surface area contributed by atoms with E-state index in [1.54, 1.807) is 0 Å². The van der Waals surface area contributed by atoms with Crippen molar-refractivity contribution in [2.45, 2.75) is 31.3 Å². The van der Waals surface area contributed by atoms with Crippen molar-refractivity contribution in [3.05, 3.63) is 28.5 Å². The molecule has 0 aliphatic heterocycles. The minimum Gasteiger partial charge on any atom is -0.385 e. The first-order valence-electron chi connectivity index (χ1n) is 4.77. The Balaban J connectivity index is 2.55. The minimum absolute atomic E-state index is 0.0155. The van der Waals surface area contributed by atoms with E-state index in [0.29, 0.717) is 12.8 Å². The molecule has 1 aliphatic carbocycles. The van der Waals surface area contributed by atoms with Gasteiger partial charge in [-0.05, 0) is 12.8 Å². The Kier molecular flexibility index (Phi) is 2.64. The summed E-state index contributed by atoms with van der Waals surface area (Å²) in [5, 5.41) is 10.1. The highest BCUT2D eigenvalue weighted by atomic mass is 35.5. The molecular formula is C10H10ClF2NO. The third-order valence-corrected chi connectivity index (χ3v) is 3.11. The molecule has 0 saturated heterocycles. The van der Waals surface area contributed by atoms with Crippen LogP contribution in [0.2, 0.25) is 5.02 Å². The zero-order chi connectivity index (χ0) is 11.1. The topological polar surface area (TPSA) is 33.1 Å². The molecule has 1 aliphatic rings.